The molecule has 1 atom stereocenters. The topological polar surface area (TPSA) is 83.7 Å². The number of nitrogens with two attached hydrogens (primary N) is 1. The zero-order valence-electron chi connectivity index (χ0n) is 18.2. The number of halogens is 1. The summed E-state index contributed by atoms with van der Waals surface area (Å²) in [6.07, 6.45) is 3.43. The molecule has 0 heterocycles. The molecule has 1 fully saturated rings. The Balaban J connectivity index is 1.65. The van der Waals surface area contributed by atoms with Crippen molar-refractivity contribution in [3.8, 4) is 0 Å². The lowest BCUT2D eigenvalue weighted by atomic mass is 9.81. The second-order valence-corrected chi connectivity index (χ2v) is 10.8. The molecule has 0 radical (unpaired) electrons. The number of sulfonamides is 1. The van der Waals surface area contributed by atoms with Gasteiger partial charge in [-0.25, -0.2) is 8.42 Å². The van der Waals surface area contributed by atoms with Crippen LogP contribution in [0.15, 0.2) is 53.4 Å². The molecule has 0 saturated heterocycles. The Labute approximate surface area is 190 Å². The largest absolute Gasteiger partial charge is 0.368 e. The Kier molecular flexibility index (Phi) is 7.42. The van der Waals surface area contributed by atoms with Crippen molar-refractivity contribution in [3.63, 3.8) is 0 Å². The molecular weight excluding hydrogens is 434 g/mol. The van der Waals surface area contributed by atoms with Crippen molar-refractivity contribution >= 4 is 27.5 Å². The molecule has 2 N–H and O–H groups in total. The lowest BCUT2D eigenvalue weighted by molar-refractivity contribution is -0.122. The number of amides is 1. The minimum Gasteiger partial charge on any atom is -0.368 e. The van der Waals surface area contributed by atoms with Crippen molar-refractivity contribution in [2.45, 2.75) is 48.6 Å². The van der Waals surface area contributed by atoms with E-state index in [0.29, 0.717) is 10.9 Å². The molecule has 1 saturated carbocycles. The second-order valence-electron chi connectivity index (χ2n) is 8.42. The van der Waals surface area contributed by atoms with Crippen LogP contribution >= 0.6 is 11.6 Å². The summed E-state index contributed by atoms with van der Waals surface area (Å²) in [6, 6.07) is 13.9. The normalized spacial score (nSPS) is 20.7. The van der Waals surface area contributed by atoms with E-state index in [9.17, 15) is 13.2 Å². The van der Waals surface area contributed by atoms with E-state index in [0.717, 1.165) is 31.2 Å². The van der Waals surface area contributed by atoms with E-state index >= 15 is 0 Å². The number of hydrogen-bond donors (Lipinski definition) is 1. The van der Waals surface area contributed by atoms with Crippen LogP contribution in [0.3, 0.4) is 0 Å². The first-order valence-corrected chi connectivity index (χ1v) is 12.2. The molecular formula is C23H30ClN3O3S. The van der Waals surface area contributed by atoms with Crippen LogP contribution in [0, 0.1) is 0 Å². The Morgan fingerprint density at radius 3 is 2.00 bits per heavy atom. The van der Waals surface area contributed by atoms with Crippen LogP contribution in [-0.2, 0) is 14.8 Å². The first-order chi connectivity index (χ1) is 14.6. The van der Waals surface area contributed by atoms with Gasteiger partial charge in [0, 0.05) is 18.1 Å². The van der Waals surface area contributed by atoms with Crippen molar-refractivity contribution in [3.05, 3.63) is 64.7 Å². The van der Waals surface area contributed by atoms with Crippen molar-refractivity contribution in [1.29, 1.82) is 0 Å². The van der Waals surface area contributed by atoms with Crippen LogP contribution in [0.5, 0.6) is 0 Å². The molecule has 1 amide bonds. The highest BCUT2D eigenvalue weighted by molar-refractivity contribution is 7.89. The average Bonchev–Trinajstić information content (AvgIpc) is 2.74. The maximum Gasteiger partial charge on any atom is 0.243 e. The molecule has 1 unspecified atom stereocenters. The minimum atomic E-state index is -3.54. The number of primary amides is 1. The summed E-state index contributed by atoms with van der Waals surface area (Å²) in [5, 5.41) is 0.515. The Morgan fingerprint density at radius 1 is 0.968 bits per heavy atom. The number of carbonyl (C=O) groups excluding carboxylic acids is 1. The predicted octanol–water partition coefficient (Wildman–Crippen LogP) is 3.77. The van der Waals surface area contributed by atoms with Gasteiger partial charge in [-0.3, -0.25) is 9.69 Å². The van der Waals surface area contributed by atoms with Crippen molar-refractivity contribution in [2.75, 3.05) is 21.1 Å². The fourth-order valence-corrected chi connectivity index (χ4v) is 5.95. The minimum absolute atomic E-state index is 0.0239. The van der Waals surface area contributed by atoms with Gasteiger partial charge in [-0.05, 0) is 81.1 Å². The molecule has 2 aromatic carbocycles. The summed E-state index contributed by atoms with van der Waals surface area (Å²) < 4.78 is 27.4. The smallest absolute Gasteiger partial charge is 0.243 e. The molecule has 168 valence electrons. The van der Waals surface area contributed by atoms with Crippen LogP contribution in [0.1, 0.15) is 48.8 Å². The quantitative estimate of drug-likeness (QED) is 0.677. The van der Waals surface area contributed by atoms with Gasteiger partial charge in [0.25, 0.3) is 0 Å². The third kappa shape index (κ3) is 5.29. The van der Waals surface area contributed by atoms with Crippen LogP contribution in [0.4, 0.5) is 0 Å². The van der Waals surface area contributed by atoms with Gasteiger partial charge in [0.1, 0.15) is 6.04 Å². The van der Waals surface area contributed by atoms with Crippen LogP contribution < -0.4 is 5.73 Å². The fraction of sp³-hybridized carbons (Fsp3) is 0.435. The highest BCUT2D eigenvalue weighted by Crippen LogP contribution is 2.36. The van der Waals surface area contributed by atoms with E-state index < -0.39 is 16.1 Å². The molecule has 8 heteroatoms. The molecule has 3 rings (SSSR count). The van der Waals surface area contributed by atoms with Crippen molar-refractivity contribution in [1.82, 2.24) is 9.21 Å². The maximum absolute atomic E-state index is 12.9. The third-order valence-corrected chi connectivity index (χ3v) is 8.39. The number of carbonyl (C=O) groups is 1. The lowest BCUT2D eigenvalue weighted by Gasteiger charge is -2.34. The SMILES string of the molecule is CN(C)C(C(N)=O)c1ccc([C@H]2CC[C@H](N(C)S(=O)(=O)c3ccc(Cl)cc3)CC2)cc1. The predicted molar refractivity (Wildman–Crippen MR) is 123 cm³/mol. The monoisotopic (exact) mass is 463 g/mol. The standard InChI is InChI=1S/C23H30ClN3O3S/c1-26(2)22(23(25)28)18-6-4-16(5-7-18)17-8-12-20(13-9-17)27(3)31(29,30)21-14-10-19(24)11-15-21/h4-7,10-11,14-15,17,20,22H,8-9,12-13H2,1-3H3,(H2,25,28)/t17-,20-,22?. The van der Waals surface area contributed by atoms with E-state index in [-0.39, 0.29) is 16.8 Å². The summed E-state index contributed by atoms with van der Waals surface area (Å²) in [6.45, 7) is 0. The average molecular weight is 464 g/mol. The summed E-state index contributed by atoms with van der Waals surface area (Å²) in [4.78, 5) is 13.8. The fourth-order valence-electron chi connectivity index (χ4n) is 4.41. The lowest BCUT2D eigenvalue weighted by Crippen LogP contribution is -2.39. The van der Waals surface area contributed by atoms with Gasteiger partial charge >= 0.3 is 0 Å². The molecule has 0 spiro atoms. The highest BCUT2D eigenvalue weighted by Gasteiger charge is 2.32. The second kappa shape index (κ2) is 9.69. The van der Waals surface area contributed by atoms with Crippen LogP contribution in [0.25, 0.3) is 0 Å². The van der Waals surface area contributed by atoms with Gasteiger partial charge in [0.05, 0.1) is 4.90 Å². The van der Waals surface area contributed by atoms with Crippen molar-refractivity contribution < 1.29 is 13.2 Å². The molecule has 6 nitrogen and oxygen atoms in total. The molecule has 2 aromatic rings. The van der Waals surface area contributed by atoms with Crippen molar-refractivity contribution in [2.24, 2.45) is 5.73 Å². The van der Waals surface area contributed by atoms with E-state index in [1.807, 2.05) is 26.2 Å². The van der Waals surface area contributed by atoms with Gasteiger partial charge in [-0.2, -0.15) is 4.31 Å². The maximum atomic E-state index is 12.9. The van der Waals surface area contributed by atoms with Gasteiger partial charge in [0.15, 0.2) is 0 Å². The molecule has 1 aliphatic carbocycles. The summed E-state index contributed by atoms with van der Waals surface area (Å²) in [5.74, 6) is 0.00603. The number of hydrogen-bond acceptors (Lipinski definition) is 4. The Bertz CT molecular complexity index is 999. The van der Waals surface area contributed by atoms with E-state index in [2.05, 4.69) is 12.1 Å². The van der Waals surface area contributed by atoms with Gasteiger partial charge in [0.2, 0.25) is 15.9 Å². The molecule has 0 bridgehead atoms. The summed E-state index contributed by atoms with van der Waals surface area (Å²) in [7, 11) is 1.78. The van der Waals surface area contributed by atoms with Gasteiger partial charge in [-0.1, -0.05) is 35.9 Å². The number of likely N-dealkylation sites (N-methyl/N-ethyl adjacent to an activating group) is 1. The first kappa shape index (κ1) is 23.7. The van der Waals surface area contributed by atoms with Crippen LogP contribution in [-0.4, -0.2) is 50.7 Å². The zero-order chi connectivity index (χ0) is 22.8. The number of rotatable bonds is 7. The van der Waals surface area contributed by atoms with Gasteiger partial charge < -0.3 is 5.73 Å². The number of benzene rings is 2. The summed E-state index contributed by atoms with van der Waals surface area (Å²) in [5.41, 5.74) is 7.63. The Hall–Kier alpha value is -1.93. The van der Waals surface area contributed by atoms with E-state index in [1.165, 1.54) is 9.87 Å². The number of nitrogens with zero attached hydrogens (tertiary/aromatic N) is 2. The molecule has 1 aliphatic rings. The highest BCUT2D eigenvalue weighted by atomic mass is 35.5. The zero-order valence-corrected chi connectivity index (χ0v) is 19.7. The first-order valence-electron chi connectivity index (χ1n) is 10.4. The molecule has 31 heavy (non-hydrogen) atoms. The van der Waals surface area contributed by atoms with E-state index in [1.54, 1.807) is 36.2 Å². The molecule has 0 aliphatic heterocycles. The Morgan fingerprint density at radius 2 is 1.52 bits per heavy atom. The summed E-state index contributed by atoms with van der Waals surface area (Å²) >= 11 is 5.89. The van der Waals surface area contributed by atoms with Gasteiger partial charge in [-0.15, -0.1) is 0 Å². The molecule has 0 aromatic heterocycles. The van der Waals surface area contributed by atoms with Crippen LogP contribution in [0.2, 0.25) is 5.02 Å². The van der Waals surface area contributed by atoms with E-state index in [4.69, 9.17) is 17.3 Å². The third-order valence-electron chi connectivity index (χ3n) is 6.21.